The topological polar surface area (TPSA) is 63.6 Å². The third-order valence-electron chi connectivity index (χ3n) is 2.75. The van der Waals surface area contributed by atoms with Gasteiger partial charge < -0.3 is 9.84 Å². The van der Waals surface area contributed by atoms with E-state index in [-0.39, 0.29) is 16.9 Å². The van der Waals surface area contributed by atoms with E-state index in [9.17, 15) is 23.5 Å². The first kappa shape index (κ1) is 16.1. The highest BCUT2D eigenvalue weighted by atomic mass is 79.9. The number of carbonyl (C=O) groups is 2. The minimum Gasteiger partial charge on any atom is -0.507 e. The lowest BCUT2D eigenvalue weighted by Crippen LogP contribution is -2.14. The zero-order valence-electron chi connectivity index (χ0n) is 11.0. The van der Waals surface area contributed by atoms with Crippen LogP contribution in [-0.2, 0) is 4.74 Å². The molecule has 2 aromatic carbocycles. The average molecular weight is 371 g/mol. The van der Waals surface area contributed by atoms with Gasteiger partial charge in [0.05, 0.1) is 0 Å². The number of rotatable bonds is 4. The molecule has 4 nitrogen and oxygen atoms in total. The molecule has 2 rings (SSSR count). The van der Waals surface area contributed by atoms with Gasteiger partial charge in [0.1, 0.15) is 11.3 Å². The Morgan fingerprint density at radius 3 is 2.50 bits per heavy atom. The van der Waals surface area contributed by atoms with E-state index < -0.39 is 30.0 Å². The number of aromatic hydroxyl groups is 1. The van der Waals surface area contributed by atoms with Crippen molar-refractivity contribution in [3.63, 3.8) is 0 Å². The van der Waals surface area contributed by atoms with Gasteiger partial charge in [-0.2, -0.15) is 0 Å². The lowest BCUT2D eigenvalue weighted by molar-refractivity contribution is 0.0471. The number of Topliss-reactive ketones (excluding diaryl/α,β-unsaturated/α-hetero) is 1. The fourth-order valence-electron chi connectivity index (χ4n) is 1.63. The van der Waals surface area contributed by atoms with Gasteiger partial charge >= 0.3 is 5.97 Å². The van der Waals surface area contributed by atoms with Crippen LogP contribution >= 0.6 is 15.9 Å². The molecule has 0 spiro atoms. The highest BCUT2D eigenvalue weighted by molar-refractivity contribution is 9.10. The van der Waals surface area contributed by atoms with Crippen LogP contribution in [0.2, 0.25) is 0 Å². The Balaban J connectivity index is 2.05. The maximum atomic E-state index is 13.0. The third kappa shape index (κ3) is 3.67. The van der Waals surface area contributed by atoms with Crippen LogP contribution in [-0.4, -0.2) is 23.5 Å². The van der Waals surface area contributed by atoms with Crippen molar-refractivity contribution in [2.24, 2.45) is 0 Å². The first-order valence-electron chi connectivity index (χ1n) is 6.02. The molecule has 114 valence electrons. The number of phenolic OH excluding ortho intramolecular Hbond substituents is 1. The predicted molar refractivity (Wildman–Crippen MR) is 76.8 cm³/mol. The van der Waals surface area contributed by atoms with Crippen molar-refractivity contribution in [1.29, 1.82) is 0 Å². The molecule has 0 radical (unpaired) electrons. The van der Waals surface area contributed by atoms with Gasteiger partial charge in [0, 0.05) is 10.0 Å². The van der Waals surface area contributed by atoms with E-state index in [2.05, 4.69) is 15.9 Å². The summed E-state index contributed by atoms with van der Waals surface area (Å²) in [5.41, 5.74) is -0.238. The summed E-state index contributed by atoms with van der Waals surface area (Å²) in [6.07, 6.45) is 0. The van der Waals surface area contributed by atoms with Crippen LogP contribution in [0, 0.1) is 11.6 Å². The second-order valence-corrected chi connectivity index (χ2v) is 5.21. The van der Waals surface area contributed by atoms with Crippen molar-refractivity contribution in [2.45, 2.75) is 0 Å². The Morgan fingerprint density at radius 1 is 1.09 bits per heavy atom. The Bertz CT molecular complexity index is 746. The van der Waals surface area contributed by atoms with Gasteiger partial charge in [-0.05, 0) is 36.4 Å². The molecule has 0 unspecified atom stereocenters. The molecule has 0 atom stereocenters. The van der Waals surface area contributed by atoms with E-state index in [0.29, 0.717) is 4.47 Å². The van der Waals surface area contributed by atoms with E-state index in [1.54, 1.807) is 0 Å². The number of halogens is 3. The number of hydrogen-bond donors (Lipinski definition) is 1. The van der Waals surface area contributed by atoms with E-state index in [1.807, 2.05) is 0 Å². The minimum absolute atomic E-state index is 0.118. The van der Waals surface area contributed by atoms with Crippen molar-refractivity contribution in [3.05, 3.63) is 63.6 Å². The average Bonchev–Trinajstić information content (AvgIpc) is 2.49. The molecule has 0 saturated carbocycles. The molecule has 0 saturated heterocycles. The largest absolute Gasteiger partial charge is 0.507 e. The van der Waals surface area contributed by atoms with Crippen LogP contribution in [0.25, 0.3) is 0 Å². The van der Waals surface area contributed by atoms with Crippen LogP contribution in [0.1, 0.15) is 20.7 Å². The molecule has 0 fully saturated rings. The van der Waals surface area contributed by atoms with Crippen molar-refractivity contribution in [2.75, 3.05) is 6.61 Å². The first-order chi connectivity index (χ1) is 10.4. The Labute approximate surface area is 132 Å². The van der Waals surface area contributed by atoms with Gasteiger partial charge in [-0.15, -0.1) is 0 Å². The number of hydrogen-bond acceptors (Lipinski definition) is 4. The Kier molecular flexibility index (Phi) is 4.87. The Hall–Kier alpha value is -2.28. The number of ether oxygens (including phenoxy) is 1. The van der Waals surface area contributed by atoms with Crippen molar-refractivity contribution >= 4 is 27.7 Å². The molecular weight excluding hydrogens is 362 g/mol. The molecule has 22 heavy (non-hydrogen) atoms. The molecular formula is C15H9BrF2O4. The smallest absolute Gasteiger partial charge is 0.342 e. The molecule has 1 N–H and O–H groups in total. The third-order valence-corrected chi connectivity index (χ3v) is 3.25. The number of carbonyl (C=O) groups excluding carboxylic acids is 2. The highest BCUT2D eigenvalue weighted by Crippen LogP contribution is 2.22. The summed E-state index contributed by atoms with van der Waals surface area (Å²) in [5, 5.41) is 9.56. The summed E-state index contributed by atoms with van der Waals surface area (Å²) < 4.78 is 31.1. The summed E-state index contributed by atoms with van der Waals surface area (Å²) in [6.45, 7) is -0.657. The number of esters is 1. The van der Waals surface area contributed by atoms with E-state index >= 15 is 0 Å². The van der Waals surface area contributed by atoms with Gasteiger partial charge in [-0.1, -0.05) is 15.9 Å². The lowest BCUT2D eigenvalue weighted by atomic mass is 10.1. The molecule has 7 heteroatoms. The fraction of sp³-hybridized carbons (Fsp3) is 0.0667. The predicted octanol–water partition coefficient (Wildman–Crippen LogP) is 3.47. The van der Waals surface area contributed by atoms with Crippen molar-refractivity contribution < 1.29 is 28.2 Å². The number of ketones is 1. The molecule has 0 aromatic heterocycles. The monoisotopic (exact) mass is 370 g/mol. The van der Waals surface area contributed by atoms with Crippen LogP contribution in [0.3, 0.4) is 0 Å². The Morgan fingerprint density at radius 2 is 1.82 bits per heavy atom. The maximum Gasteiger partial charge on any atom is 0.342 e. The maximum absolute atomic E-state index is 13.0. The lowest BCUT2D eigenvalue weighted by Gasteiger charge is -2.06. The standard InChI is InChI=1S/C15H9BrF2O4/c16-9-2-4-13(19)10(6-9)15(21)22-7-14(20)8-1-3-11(17)12(18)5-8/h1-6,19H,7H2. The molecule has 0 aliphatic carbocycles. The first-order valence-corrected chi connectivity index (χ1v) is 6.81. The van der Waals surface area contributed by atoms with Gasteiger partial charge in [0.15, 0.2) is 24.0 Å². The zero-order valence-corrected chi connectivity index (χ0v) is 12.6. The molecule has 0 aliphatic rings. The molecule has 0 amide bonds. The normalized spacial score (nSPS) is 10.3. The molecule has 0 bridgehead atoms. The summed E-state index contributed by atoms with van der Waals surface area (Å²) in [6, 6.07) is 6.77. The van der Waals surface area contributed by atoms with Crippen molar-refractivity contribution in [3.8, 4) is 5.75 Å². The van der Waals surface area contributed by atoms with Gasteiger partial charge in [0.25, 0.3) is 0 Å². The van der Waals surface area contributed by atoms with Crippen LogP contribution in [0.15, 0.2) is 40.9 Å². The fourth-order valence-corrected chi connectivity index (χ4v) is 1.99. The van der Waals surface area contributed by atoms with E-state index in [0.717, 1.165) is 18.2 Å². The van der Waals surface area contributed by atoms with Crippen molar-refractivity contribution in [1.82, 2.24) is 0 Å². The van der Waals surface area contributed by atoms with E-state index in [1.165, 1.54) is 18.2 Å². The second-order valence-electron chi connectivity index (χ2n) is 4.29. The summed E-state index contributed by atoms with van der Waals surface area (Å²) in [7, 11) is 0. The number of benzene rings is 2. The molecule has 2 aromatic rings. The number of phenols is 1. The van der Waals surface area contributed by atoms with Gasteiger partial charge in [0.2, 0.25) is 0 Å². The zero-order chi connectivity index (χ0) is 16.3. The summed E-state index contributed by atoms with van der Waals surface area (Å²) in [5.74, 6) is -4.14. The van der Waals surface area contributed by atoms with E-state index in [4.69, 9.17) is 4.74 Å². The van der Waals surface area contributed by atoms with Crippen LogP contribution in [0.4, 0.5) is 8.78 Å². The second kappa shape index (κ2) is 6.65. The van der Waals surface area contributed by atoms with Crippen LogP contribution < -0.4 is 0 Å². The molecule has 0 heterocycles. The van der Waals surface area contributed by atoms with Gasteiger partial charge in [-0.3, -0.25) is 4.79 Å². The molecule has 0 aliphatic heterocycles. The highest BCUT2D eigenvalue weighted by Gasteiger charge is 2.16. The SMILES string of the molecule is O=C(COC(=O)c1cc(Br)ccc1O)c1ccc(F)c(F)c1. The van der Waals surface area contributed by atoms with Crippen LogP contribution in [0.5, 0.6) is 5.75 Å². The van der Waals surface area contributed by atoms with Gasteiger partial charge in [-0.25, -0.2) is 13.6 Å². The minimum atomic E-state index is -1.16. The quantitative estimate of drug-likeness (QED) is 0.661. The summed E-state index contributed by atoms with van der Waals surface area (Å²) in [4.78, 5) is 23.5. The summed E-state index contributed by atoms with van der Waals surface area (Å²) >= 11 is 3.13.